The summed E-state index contributed by atoms with van der Waals surface area (Å²) >= 11 is 0. The molecule has 0 saturated heterocycles. The maximum atomic E-state index is 5.45. The van der Waals surface area contributed by atoms with E-state index in [-0.39, 0.29) is 0 Å². The Bertz CT molecular complexity index is 770. The molecule has 1 aliphatic carbocycles. The minimum absolute atomic E-state index is 0.338. The Labute approximate surface area is 190 Å². The van der Waals surface area contributed by atoms with Gasteiger partial charge in [0.2, 0.25) is 0 Å². The maximum absolute atomic E-state index is 5.45. The SMILES string of the molecule is C=C[C@H]1CC[C@H](CCCCc2ccc(-c3ccccc3)c(CCCC(C)OC)c2)CC1. The summed E-state index contributed by atoms with van der Waals surface area (Å²) in [5.41, 5.74) is 5.73. The first-order valence-corrected chi connectivity index (χ1v) is 12.5. The number of allylic oxidation sites excluding steroid dienone is 1. The Morgan fingerprint density at radius 1 is 0.968 bits per heavy atom. The number of benzene rings is 2. The van der Waals surface area contributed by atoms with Crippen molar-refractivity contribution in [2.24, 2.45) is 11.8 Å². The van der Waals surface area contributed by atoms with Crippen LogP contribution in [0.25, 0.3) is 11.1 Å². The van der Waals surface area contributed by atoms with Crippen molar-refractivity contribution in [3.05, 3.63) is 72.3 Å². The van der Waals surface area contributed by atoms with Gasteiger partial charge in [-0.15, -0.1) is 6.58 Å². The van der Waals surface area contributed by atoms with Crippen LogP contribution in [0.15, 0.2) is 61.2 Å². The Morgan fingerprint density at radius 3 is 2.45 bits per heavy atom. The van der Waals surface area contributed by atoms with E-state index in [1.54, 1.807) is 0 Å². The van der Waals surface area contributed by atoms with Gasteiger partial charge < -0.3 is 4.74 Å². The van der Waals surface area contributed by atoms with Gasteiger partial charge in [0.25, 0.3) is 0 Å². The van der Waals surface area contributed by atoms with Gasteiger partial charge in [0.15, 0.2) is 0 Å². The van der Waals surface area contributed by atoms with Gasteiger partial charge in [0, 0.05) is 7.11 Å². The standard InChI is InChI=1S/C30H42O/c1-4-25-17-19-26(20-18-25)12-8-9-13-27-21-22-30(28-14-6-5-7-15-28)29(23-27)16-10-11-24(2)31-3/h4-7,14-15,21-26H,1,8-13,16-20H2,2-3H3/t24?,25-,26-. The largest absolute Gasteiger partial charge is 0.382 e. The second-order valence-electron chi connectivity index (χ2n) is 9.56. The molecular formula is C30H42O. The molecule has 0 N–H and O–H groups in total. The first-order chi connectivity index (χ1) is 15.2. The highest BCUT2D eigenvalue weighted by Gasteiger charge is 2.18. The normalized spacial score (nSPS) is 19.8. The van der Waals surface area contributed by atoms with Crippen molar-refractivity contribution in [2.45, 2.75) is 83.7 Å². The third-order valence-electron chi connectivity index (χ3n) is 7.27. The molecule has 0 aromatic heterocycles. The van der Waals surface area contributed by atoms with Crippen molar-refractivity contribution in [3.63, 3.8) is 0 Å². The molecule has 0 aliphatic heterocycles. The second kappa shape index (κ2) is 12.9. The molecule has 1 nitrogen and oxygen atoms in total. The minimum atomic E-state index is 0.338. The molecule has 3 rings (SSSR count). The Hall–Kier alpha value is -1.86. The summed E-state index contributed by atoms with van der Waals surface area (Å²) in [6.07, 6.45) is 16.8. The summed E-state index contributed by atoms with van der Waals surface area (Å²) in [6, 6.07) is 18.0. The average molecular weight is 419 g/mol. The topological polar surface area (TPSA) is 9.23 Å². The molecule has 1 heteroatoms. The van der Waals surface area contributed by atoms with Crippen LogP contribution in [0.5, 0.6) is 0 Å². The third kappa shape index (κ3) is 7.65. The zero-order valence-electron chi connectivity index (χ0n) is 19.8. The van der Waals surface area contributed by atoms with Crippen LogP contribution in [0, 0.1) is 11.8 Å². The van der Waals surface area contributed by atoms with E-state index in [0.29, 0.717) is 6.10 Å². The van der Waals surface area contributed by atoms with Gasteiger partial charge in [-0.25, -0.2) is 0 Å². The maximum Gasteiger partial charge on any atom is 0.0543 e. The monoisotopic (exact) mass is 418 g/mol. The average Bonchev–Trinajstić information content (AvgIpc) is 2.83. The van der Waals surface area contributed by atoms with Crippen LogP contribution in [-0.4, -0.2) is 13.2 Å². The molecular weight excluding hydrogens is 376 g/mol. The molecule has 2 aromatic rings. The molecule has 0 spiro atoms. The van der Waals surface area contributed by atoms with Crippen molar-refractivity contribution in [2.75, 3.05) is 7.11 Å². The predicted octanol–water partition coefficient (Wildman–Crippen LogP) is 8.42. The molecule has 0 amide bonds. The van der Waals surface area contributed by atoms with Crippen LogP contribution in [0.2, 0.25) is 0 Å². The first kappa shape index (κ1) is 23.8. The third-order valence-corrected chi connectivity index (χ3v) is 7.27. The van der Waals surface area contributed by atoms with E-state index in [4.69, 9.17) is 4.74 Å². The lowest BCUT2D eigenvalue weighted by atomic mass is 9.80. The van der Waals surface area contributed by atoms with Gasteiger partial charge in [-0.2, -0.15) is 0 Å². The van der Waals surface area contributed by atoms with E-state index in [0.717, 1.165) is 24.7 Å². The summed E-state index contributed by atoms with van der Waals surface area (Å²) < 4.78 is 5.45. The van der Waals surface area contributed by atoms with E-state index in [1.165, 1.54) is 80.0 Å². The zero-order valence-corrected chi connectivity index (χ0v) is 19.8. The van der Waals surface area contributed by atoms with Crippen LogP contribution in [0.1, 0.15) is 75.8 Å². The number of hydrogen-bond acceptors (Lipinski definition) is 1. The smallest absolute Gasteiger partial charge is 0.0543 e. The number of aryl methyl sites for hydroxylation is 2. The molecule has 1 unspecified atom stereocenters. The quantitative estimate of drug-likeness (QED) is 0.248. The van der Waals surface area contributed by atoms with Crippen molar-refractivity contribution in [3.8, 4) is 11.1 Å². The van der Waals surface area contributed by atoms with Gasteiger partial charge in [-0.05, 0) is 98.8 Å². The van der Waals surface area contributed by atoms with Crippen LogP contribution < -0.4 is 0 Å². The molecule has 0 bridgehead atoms. The Balaban J connectivity index is 1.55. The molecule has 0 heterocycles. The molecule has 1 fully saturated rings. The van der Waals surface area contributed by atoms with Crippen LogP contribution in [0.4, 0.5) is 0 Å². The van der Waals surface area contributed by atoms with Gasteiger partial charge in [0.05, 0.1) is 6.10 Å². The fourth-order valence-corrected chi connectivity index (χ4v) is 5.08. The Kier molecular flexibility index (Phi) is 9.87. The van der Waals surface area contributed by atoms with E-state index < -0.39 is 0 Å². The molecule has 168 valence electrons. The van der Waals surface area contributed by atoms with Crippen LogP contribution >= 0.6 is 0 Å². The fourth-order valence-electron chi connectivity index (χ4n) is 5.08. The molecule has 31 heavy (non-hydrogen) atoms. The lowest BCUT2D eigenvalue weighted by molar-refractivity contribution is 0.109. The summed E-state index contributed by atoms with van der Waals surface area (Å²) in [7, 11) is 1.81. The number of unbranched alkanes of at least 4 members (excludes halogenated alkanes) is 1. The summed E-state index contributed by atoms with van der Waals surface area (Å²) in [5, 5.41) is 0. The van der Waals surface area contributed by atoms with E-state index in [9.17, 15) is 0 Å². The van der Waals surface area contributed by atoms with Crippen molar-refractivity contribution < 1.29 is 4.74 Å². The van der Waals surface area contributed by atoms with Crippen molar-refractivity contribution in [1.82, 2.24) is 0 Å². The highest BCUT2D eigenvalue weighted by atomic mass is 16.5. The number of rotatable bonds is 12. The molecule has 1 aliphatic rings. The van der Waals surface area contributed by atoms with Crippen LogP contribution in [-0.2, 0) is 17.6 Å². The number of methoxy groups -OCH3 is 1. The minimum Gasteiger partial charge on any atom is -0.382 e. The first-order valence-electron chi connectivity index (χ1n) is 12.5. The highest BCUT2D eigenvalue weighted by Crippen LogP contribution is 2.32. The second-order valence-corrected chi connectivity index (χ2v) is 9.56. The summed E-state index contributed by atoms with van der Waals surface area (Å²) in [5.74, 6) is 1.74. The van der Waals surface area contributed by atoms with Gasteiger partial charge in [-0.3, -0.25) is 0 Å². The molecule has 1 atom stereocenters. The van der Waals surface area contributed by atoms with E-state index in [2.05, 4.69) is 68.1 Å². The zero-order chi connectivity index (χ0) is 21.9. The fraction of sp³-hybridized carbons (Fsp3) is 0.533. The van der Waals surface area contributed by atoms with Crippen LogP contribution in [0.3, 0.4) is 0 Å². The molecule has 1 saturated carbocycles. The van der Waals surface area contributed by atoms with E-state index in [1.807, 2.05) is 7.11 Å². The molecule has 2 aromatic carbocycles. The van der Waals surface area contributed by atoms with E-state index >= 15 is 0 Å². The molecule has 0 radical (unpaired) electrons. The highest BCUT2D eigenvalue weighted by molar-refractivity contribution is 5.67. The van der Waals surface area contributed by atoms with Gasteiger partial charge >= 0.3 is 0 Å². The van der Waals surface area contributed by atoms with Gasteiger partial charge in [0.1, 0.15) is 0 Å². The summed E-state index contributed by atoms with van der Waals surface area (Å²) in [6.45, 7) is 6.14. The number of hydrogen-bond donors (Lipinski definition) is 0. The predicted molar refractivity (Wildman–Crippen MR) is 134 cm³/mol. The Morgan fingerprint density at radius 2 is 1.74 bits per heavy atom. The van der Waals surface area contributed by atoms with Gasteiger partial charge in [-0.1, -0.05) is 67.4 Å². The summed E-state index contributed by atoms with van der Waals surface area (Å²) in [4.78, 5) is 0. The van der Waals surface area contributed by atoms with Crippen molar-refractivity contribution in [1.29, 1.82) is 0 Å². The lowest BCUT2D eigenvalue weighted by Gasteiger charge is -2.26. The lowest BCUT2D eigenvalue weighted by Crippen LogP contribution is -2.12. The van der Waals surface area contributed by atoms with Crippen molar-refractivity contribution >= 4 is 0 Å². The number of ether oxygens (including phenoxy) is 1.